The summed E-state index contributed by atoms with van der Waals surface area (Å²) in [5.74, 6) is -0.0944. The molecule has 0 aliphatic carbocycles. The molecule has 10 heteroatoms. The second-order valence-electron chi connectivity index (χ2n) is 8.39. The first-order valence-corrected chi connectivity index (χ1v) is 12.6. The highest BCUT2D eigenvalue weighted by Gasteiger charge is 2.40. The number of nitrogens with one attached hydrogen (secondary N) is 1. The number of hydrogen-bond acceptors (Lipinski definition) is 7. The second kappa shape index (κ2) is 12.1. The van der Waals surface area contributed by atoms with Crippen molar-refractivity contribution < 1.29 is 19.2 Å². The van der Waals surface area contributed by atoms with Crippen molar-refractivity contribution in [3.63, 3.8) is 0 Å². The first-order valence-electron chi connectivity index (χ1n) is 11.8. The third-order valence-electron chi connectivity index (χ3n) is 5.95. The Morgan fingerprint density at radius 1 is 1.08 bits per heavy atom. The molecule has 0 aromatic heterocycles. The van der Waals surface area contributed by atoms with E-state index in [-0.39, 0.29) is 28.6 Å². The highest BCUT2D eigenvalue weighted by molar-refractivity contribution is 8.05. The van der Waals surface area contributed by atoms with Gasteiger partial charge in [0.15, 0.2) is 0 Å². The highest BCUT2D eigenvalue weighted by atomic mass is 32.2. The smallest absolute Gasteiger partial charge is 0.269 e. The first-order chi connectivity index (χ1) is 18.4. The Bertz CT molecular complexity index is 1400. The molecule has 9 nitrogen and oxygen atoms in total. The molecule has 1 saturated heterocycles. The normalized spacial score (nSPS) is 16.1. The summed E-state index contributed by atoms with van der Waals surface area (Å²) in [7, 11) is 1.59. The maximum atomic E-state index is 13.5. The Hall–Kier alpha value is -4.62. The van der Waals surface area contributed by atoms with Gasteiger partial charge in [-0.1, -0.05) is 54.2 Å². The standard InChI is InChI=1S/C28H24N4O5S/c1-37-23-13-9-19(10-14-23)15-16-30-26(33)24(18-29)28-31(21-5-3-2-4-6-21)27(34)25(38-28)17-20-7-11-22(12-8-20)32(35)36/h2-14,25H,15-17H2,1H3,(H,30,33)/b28-24+/t25-/m1/s1. The van der Waals surface area contributed by atoms with Crippen LogP contribution in [0.4, 0.5) is 11.4 Å². The molecule has 3 aromatic carbocycles. The van der Waals surface area contributed by atoms with Gasteiger partial charge in [-0.15, -0.1) is 0 Å². The van der Waals surface area contributed by atoms with Crippen LogP contribution in [0.25, 0.3) is 0 Å². The number of nitrogens with zero attached hydrogens (tertiary/aromatic N) is 3. The molecular weight excluding hydrogens is 504 g/mol. The van der Waals surface area contributed by atoms with E-state index in [9.17, 15) is 25.0 Å². The van der Waals surface area contributed by atoms with E-state index in [4.69, 9.17) is 4.74 Å². The summed E-state index contributed by atoms with van der Waals surface area (Å²) in [5.41, 5.74) is 2.09. The van der Waals surface area contributed by atoms with Crippen molar-refractivity contribution in [1.29, 1.82) is 5.26 Å². The molecule has 0 unspecified atom stereocenters. The number of hydrogen-bond donors (Lipinski definition) is 1. The Balaban J connectivity index is 1.55. The number of rotatable bonds is 9. The van der Waals surface area contributed by atoms with Gasteiger partial charge in [0.05, 0.1) is 17.3 Å². The number of benzene rings is 3. The van der Waals surface area contributed by atoms with Crippen molar-refractivity contribution in [1.82, 2.24) is 5.32 Å². The minimum Gasteiger partial charge on any atom is -0.497 e. The van der Waals surface area contributed by atoms with Gasteiger partial charge in [0, 0.05) is 24.4 Å². The van der Waals surface area contributed by atoms with Crippen LogP contribution in [0.2, 0.25) is 0 Å². The molecule has 192 valence electrons. The molecule has 1 aliphatic heterocycles. The number of anilines is 1. The van der Waals surface area contributed by atoms with Crippen LogP contribution in [0, 0.1) is 21.4 Å². The number of nitriles is 1. The average molecular weight is 529 g/mol. The van der Waals surface area contributed by atoms with E-state index in [0.29, 0.717) is 18.7 Å². The van der Waals surface area contributed by atoms with E-state index >= 15 is 0 Å². The van der Waals surface area contributed by atoms with Crippen LogP contribution in [0.1, 0.15) is 11.1 Å². The molecule has 4 rings (SSSR count). The van der Waals surface area contributed by atoms with Crippen LogP contribution in [0.15, 0.2) is 89.5 Å². The Labute approximate surface area is 223 Å². The molecule has 1 fully saturated rings. The minimum absolute atomic E-state index is 0.0382. The van der Waals surface area contributed by atoms with Crippen LogP contribution < -0.4 is 15.0 Å². The zero-order valence-electron chi connectivity index (χ0n) is 20.5. The molecule has 1 aliphatic rings. The summed E-state index contributed by atoms with van der Waals surface area (Å²) in [6, 6.07) is 24.3. The number of thioether (sulfide) groups is 1. The fourth-order valence-electron chi connectivity index (χ4n) is 3.97. The van der Waals surface area contributed by atoms with Gasteiger partial charge >= 0.3 is 0 Å². The molecule has 2 amide bonds. The molecule has 0 radical (unpaired) electrons. The largest absolute Gasteiger partial charge is 0.497 e. The monoisotopic (exact) mass is 528 g/mol. The molecule has 3 aromatic rings. The quantitative estimate of drug-likeness (QED) is 0.189. The zero-order valence-corrected chi connectivity index (χ0v) is 21.3. The van der Waals surface area contributed by atoms with Crippen molar-refractivity contribution in [3.8, 4) is 11.8 Å². The van der Waals surface area contributed by atoms with E-state index in [1.165, 1.54) is 17.0 Å². The second-order valence-corrected chi connectivity index (χ2v) is 9.58. The lowest BCUT2D eigenvalue weighted by Gasteiger charge is -2.18. The lowest BCUT2D eigenvalue weighted by molar-refractivity contribution is -0.384. The number of carbonyl (C=O) groups is 2. The van der Waals surface area contributed by atoms with Gasteiger partial charge in [-0.05, 0) is 48.2 Å². The van der Waals surface area contributed by atoms with E-state index in [1.54, 1.807) is 43.5 Å². The predicted octanol–water partition coefficient (Wildman–Crippen LogP) is 4.39. The lowest BCUT2D eigenvalue weighted by Crippen LogP contribution is -2.32. The predicted molar refractivity (Wildman–Crippen MR) is 144 cm³/mol. The number of non-ortho nitro benzene ring substituents is 1. The molecule has 1 atom stereocenters. The van der Waals surface area contributed by atoms with E-state index < -0.39 is 16.1 Å². The molecule has 1 heterocycles. The van der Waals surface area contributed by atoms with Crippen molar-refractivity contribution in [2.24, 2.45) is 0 Å². The number of nitro benzene ring substituents is 1. The minimum atomic E-state index is -0.609. The van der Waals surface area contributed by atoms with Gasteiger partial charge in [0.25, 0.3) is 11.6 Å². The summed E-state index contributed by atoms with van der Waals surface area (Å²) in [5, 5.41) is 23.4. The number of carbonyl (C=O) groups excluding carboxylic acids is 2. The lowest BCUT2D eigenvalue weighted by atomic mass is 10.1. The van der Waals surface area contributed by atoms with Crippen LogP contribution >= 0.6 is 11.8 Å². The number of ether oxygens (including phenoxy) is 1. The van der Waals surface area contributed by atoms with Gasteiger partial charge in [-0.2, -0.15) is 5.26 Å². The fourth-order valence-corrected chi connectivity index (χ4v) is 5.28. The maximum Gasteiger partial charge on any atom is 0.269 e. The van der Waals surface area contributed by atoms with Gasteiger partial charge in [0.2, 0.25) is 5.91 Å². The summed E-state index contributed by atoms with van der Waals surface area (Å²) in [6.07, 6.45) is 0.840. The summed E-state index contributed by atoms with van der Waals surface area (Å²) >= 11 is 1.15. The Morgan fingerprint density at radius 3 is 2.34 bits per heavy atom. The molecule has 1 N–H and O–H groups in total. The zero-order chi connectivity index (χ0) is 27.1. The van der Waals surface area contributed by atoms with Crippen molar-refractivity contribution in [3.05, 3.63) is 111 Å². The van der Waals surface area contributed by atoms with Gasteiger partial charge < -0.3 is 10.1 Å². The van der Waals surface area contributed by atoms with Gasteiger partial charge in [0.1, 0.15) is 22.4 Å². The van der Waals surface area contributed by atoms with Crippen LogP contribution in [-0.2, 0) is 22.4 Å². The summed E-state index contributed by atoms with van der Waals surface area (Å²) in [6.45, 7) is 0.305. The summed E-state index contributed by atoms with van der Waals surface area (Å²) in [4.78, 5) is 38.5. The Morgan fingerprint density at radius 2 is 1.74 bits per heavy atom. The third kappa shape index (κ3) is 6.02. The molecule has 0 saturated carbocycles. The molecular formula is C28H24N4O5S. The SMILES string of the molecule is COc1ccc(CCNC(=O)/C(C#N)=C2/S[C@H](Cc3ccc([N+](=O)[O-])cc3)C(=O)N2c2ccccc2)cc1. The van der Waals surface area contributed by atoms with Crippen LogP contribution in [0.5, 0.6) is 5.75 Å². The van der Waals surface area contributed by atoms with Crippen molar-refractivity contribution in [2.45, 2.75) is 18.1 Å². The van der Waals surface area contributed by atoms with Crippen LogP contribution in [-0.4, -0.2) is 35.6 Å². The van der Waals surface area contributed by atoms with E-state index in [0.717, 1.165) is 28.6 Å². The van der Waals surface area contributed by atoms with Crippen molar-refractivity contribution in [2.75, 3.05) is 18.6 Å². The molecule has 38 heavy (non-hydrogen) atoms. The number of amides is 2. The van der Waals surface area contributed by atoms with Gasteiger partial charge in [-0.25, -0.2) is 0 Å². The maximum absolute atomic E-state index is 13.5. The Kier molecular flexibility index (Phi) is 8.40. The summed E-state index contributed by atoms with van der Waals surface area (Å²) < 4.78 is 5.16. The number of nitro groups is 1. The van der Waals surface area contributed by atoms with E-state index in [2.05, 4.69) is 5.32 Å². The van der Waals surface area contributed by atoms with Gasteiger partial charge in [-0.3, -0.25) is 24.6 Å². The van der Waals surface area contributed by atoms with Crippen molar-refractivity contribution >= 4 is 35.0 Å². The molecule has 0 spiro atoms. The van der Waals surface area contributed by atoms with E-state index in [1.807, 2.05) is 36.4 Å². The van der Waals surface area contributed by atoms with Crippen LogP contribution in [0.3, 0.4) is 0 Å². The number of methoxy groups -OCH3 is 1. The molecule has 0 bridgehead atoms. The first kappa shape index (κ1) is 26.4. The third-order valence-corrected chi connectivity index (χ3v) is 7.21. The topological polar surface area (TPSA) is 126 Å². The fraction of sp³-hybridized carbons (Fsp3) is 0.179. The highest BCUT2D eigenvalue weighted by Crippen LogP contribution is 2.41. The number of para-hydroxylation sites is 1. The average Bonchev–Trinajstić information content (AvgIpc) is 3.25.